The predicted molar refractivity (Wildman–Crippen MR) is 62.5 cm³/mol. The summed E-state index contributed by atoms with van der Waals surface area (Å²) in [4.78, 5) is 9.77. The molecule has 2 rings (SSSR count). The Hall–Kier alpha value is -2.28. The molecule has 0 saturated carbocycles. The van der Waals surface area contributed by atoms with Crippen molar-refractivity contribution in [2.45, 2.75) is 13.0 Å². The van der Waals surface area contributed by atoms with Crippen LogP contribution in [0, 0.1) is 28.7 Å². The van der Waals surface area contributed by atoms with E-state index in [1.165, 1.54) is 19.1 Å². The van der Waals surface area contributed by atoms with Crippen LogP contribution in [0.25, 0.3) is 0 Å². The molecule has 2 aromatic rings. The smallest absolute Gasteiger partial charge is 0.404 e. The van der Waals surface area contributed by atoms with E-state index in [-0.39, 0.29) is 16.9 Å². The monoisotopic (exact) mass is 268 g/mol. The third-order valence-electron chi connectivity index (χ3n) is 2.71. The van der Waals surface area contributed by atoms with E-state index in [1.54, 1.807) is 0 Å². The molecule has 100 valence electrons. The summed E-state index contributed by atoms with van der Waals surface area (Å²) in [6.45, 7) is 1.47. The second-order valence-electron chi connectivity index (χ2n) is 4.03. The standard InChI is InChI=1S/C12H10F2N2O3/c1-6-4-7(9(14)5-8(6)13)12(15)10-2-3-11(19-10)16(17)18/h2-5,12H,15H2,1H3. The van der Waals surface area contributed by atoms with Gasteiger partial charge in [-0.25, -0.2) is 8.78 Å². The summed E-state index contributed by atoms with van der Waals surface area (Å²) in [5.74, 6) is -1.95. The SMILES string of the molecule is Cc1cc(C(N)c2ccc([N+](=O)[O-])o2)c(F)cc1F. The Kier molecular flexibility index (Phi) is 3.30. The maximum Gasteiger partial charge on any atom is 0.433 e. The maximum absolute atomic E-state index is 13.6. The first-order valence-electron chi connectivity index (χ1n) is 5.35. The second kappa shape index (κ2) is 4.77. The fourth-order valence-corrected chi connectivity index (χ4v) is 1.68. The third-order valence-corrected chi connectivity index (χ3v) is 2.71. The number of rotatable bonds is 3. The summed E-state index contributed by atoms with van der Waals surface area (Å²) >= 11 is 0. The molecule has 0 radical (unpaired) electrons. The van der Waals surface area contributed by atoms with Gasteiger partial charge in [0.15, 0.2) is 0 Å². The Balaban J connectivity index is 2.40. The second-order valence-corrected chi connectivity index (χ2v) is 4.03. The molecule has 1 atom stereocenters. The van der Waals surface area contributed by atoms with Gasteiger partial charge in [0, 0.05) is 11.6 Å². The first-order chi connectivity index (χ1) is 8.90. The van der Waals surface area contributed by atoms with Crippen molar-refractivity contribution in [3.8, 4) is 0 Å². The van der Waals surface area contributed by atoms with E-state index in [2.05, 4.69) is 0 Å². The first kappa shape index (κ1) is 13.2. The molecule has 1 aromatic heterocycles. The fraction of sp³-hybridized carbons (Fsp3) is 0.167. The molecule has 0 aliphatic carbocycles. The summed E-state index contributed by atoms with van der Waals surface area (Å²) in [6, 6.07) is 3.36. The number of nitrogens with zero attached hydrogens (tertiary/aromatic N) is 1. The Labute approximate surface area is 106 Å². The van der Waals surface area contributed by atoms with Crippen molar-refractivity contribution in [3.05, 3.63) is 62.9 Å². The molecule has 19 heavy (non-hydrogen) atoms. The number of halogens is 2. The molecule has 5 nitrogen and oxygen atoms in total. The Morgan fingerprint density at radius 1 is 1.32 bits per heavy atom. The van der Waals surface area contributed by atoms with E-state index in [4.69, 9.17) is 10.2 Å². The molecule has 0 fully saturated rings. The van der Waals surface area contributed by atoms with Gasteiger partial charge in [0.1, 0.15) is 22.3 Å². The molecule has 1 aromatic carbocycles. The van der Waals surface area contributed by atoms with Gasteiger partial charge in [-0.05, 0) is 24.6 Å². The lowest BCUT2D eigenvalue weighted by molar-refractivity contribution is -0.402. The first-order valence-corrected chi connectivity index (χ1v) is 5.35. The highest BCUT2D eigenvalue weighted by Gasteiger charge is 2.21. The minimum Gasteiger partial charge on any atom is -0.404 e. The van der Waals surface area contributed by atoms with Crippen LogP contribution in [0.1, 0.15) is 22.9 Å². The van der Waals surface area contributed by atoms with Crippen LogP contribution in [0.3, 0.4) is 0 Å². The van der Waals surface area contributed by atoms with Gasteiger partial charge < -0.3 is 10.2 Å². The van der Waals surface area contributed by atoms with Crippen LogP contribution in [-0.4, -0.2) is 4.92 Å². The van der Waals surface area contributed by atoms with Gasteiger partial charge in [-0.3, -0.25) is 10.1 Å². The number of nitro groups is 1. The normalized spacial score (nSPS) is 12.4. The zero-order valence-electron chi connectivity index (χ0n) is 9.89. The van der Waals surface area contributed by atoms with Gasteiger partial charge in [-0.1, -0.05) is 0 Å². The van der Waals surface area contributed by atoms with Crippen LogP contribution in [-0.2, 0) is 0 Å². The predicted octanol–water partition coefficient (Wildman–Crippen LogP) is 2.82. The highest BCUT2D eigenvalue weighted by molar-refractivity contribution is 5.33. The van der Waals surface area contributed by atoms with Crippen molar-refractivity contribution in [2.24, 2.45) is 5.73 Å². The quantitative estimate of drug-likeness (QED) is 0.685. The Bertz CT molecular complexity index is 640. The Morgan fingerprint density at radius 3 is 2.58 bits per heavy atom. The summed E-state index contributed by atoms with van der Waals surface area (Å²) in [6.07, 6.45) is 0. The summed E-state index contributed by atoms with van der Waals surface area (Å²) < 4.78 is 31.7. The van der Waals surface area contributed by atoms with E-state index in [0.717, 1.165) is 12.1 Å². The molecule has 0 aliphatic heterocycles. The highest BCUT2D eigenvalue weighted by Crippen LogP contribution is 2.28. The van der Waals surface area contributed by atoms with Gasteiger partial charge >= 0.3 is 5.88 Å². The van der Waals surface area contributed by atoms with E-state index < -0.39 is 28.5 Å². The van der Waals surface area contributed by atoms with E-state index in [1.807, 2.05) is 0 Å². The topological polar surface area (TPSA) is 82.3 Å². The van der Waals surface area contributed by atoms with Crippen molar-refractivity contribution < 1.29 is 18.1 Å². The number of hydrogen-bond donors (Lipinski definition) is 1. The minimum absolute atomic E-state index is 0.0168. The summed E-state index contributed by atoms with van der Waals surface area (Å²) in [5.41, 5.74) is 6.02. The van der Waals surface area contributed by atoms with Gasteiger partial charge in [0.05, 0.1) is 12.1 Å². The van der Waals surface area contributed by atoms with Crippen LogP contribution in [0.4, 0.5) is 14.7 Å². The van der Waals surface area contributed by atoms with Crippen molar-refractivity contribution in [1.29, 1.82) is 0 Å². The van der Waals surface area contributed by atoms with Crippen molar-refractivity contribution >= 4 is 5.88 Å². The third kappa shape index (κ3) is 2.45. The van der Waals surface area contributed by atoms with Gasteiger partial charge in [0.2, 0.25) is 0 Å². The summed E-state index contributed by atoms with van der Waals surface area (Å²) in [5, 5.41) is 10.5. The number of benzene rings is 1. The highest BCUT2D eigenvalue weighted by atomic mass is 19.1. The van der Waals surface area contributed by atoms with Gasteiger partial charge in [0.25, 0.3) is 0 Å². The van der Waals surface area contributed by atoms with E-state index >= 15 is 0 Å². The van der Waals surface area contributed by atoms with E-state index in [0.29, 0.717) is 0 Å². The van der Waals surface area contributed by atoms with Crippen LogP contribution < -0.4 is 5.73 Å². The minimum atomic E-state index is -1.03. The number of hydrogen-bond acceptors (Lipinski definition) is 4. The fourth-order valence-electron chi connectivity index (χ4n) is 1.68. The summed E-state index contributed by atoms with van der Waals surface area (Å²) in [7, 11) is 0. The molecular formula is C12H10F2N2O3. The van der Waals surface area contributed by atoms with Crippen LogP contribution >= 0.6 is 0 Å². The largest absolute Gasteiger partial charge is 0.433 e. The molecule has 0 spiro atoms. The molecule has 2 N–H and O–H groups in total. The lowest BCUT2D eigenvalue weighted by Gasteiger charge is -2.11. The Morgan fingerprint density at radius 2 is 2.00 bits per heavy atom. The lowest BCUT2D eigenvalue weighted by Crippen LogP contribution is -2.13. The van der Waals surface area contributed by atoms with Crippen LogP contribution in [0.5, 0.6) is 0 Å². The van der Waals surface area contributed by atoms with Gasteiger partial charge in [-0.15, -0.1) is 0 Å². The molecular weight excluding hydrogens is 258 g/mol. The van der Waals surface area contributed by atoms with Gasteiger partial charge in [-0.2, -0.15) is 0 Å². The molecule has 0 saturated heterocycles. The molecule has 0 amide bonds. The van der Waals surface area contributed by atoms with Crippen molar-refractivity contribution in [2.75, 3.05) is 0 Å². The van der Waals surface area contributed by atoms with Crippen LogP contribution in [0.2, 0.25) is 0 Å². The molecule has 1 heterocycles. The average Bonchev–Trinajstić information content (AvgIpc) is 2.82. The average molecular weight is 268 g/mol. The number of nitrogens with two attached hydrogens (primary N) is 1. The molecule has 1 unspecified atom stereocenters. The lowest BCUT2D eigenvalue weighted by atomic mass is 10.0. The zero-order valence-corrected chi connectivity index (χ0v) is 9.89. The number of aryl methyl sites for hydroxylation is 1. The number of furan rings is 1. The molecule has 0 aliphatic rings. The van der Waals surface area contributed by atoms with Crippen LogP contribution in [0.15, 0.2) is 28.7 Å². The van der Waals surface area contributed by atoms with Crippen molar-refractivity contribution in [3.63, 3.8) is 0 Å². The van der Waals surface area contributed by atoms with Crippen molar-refractivity contribution in [1.82, 2.24) is 0 Å². The zero-order chi connectivity index (χ0) is 14.2. The molecule has 0 bridgehead atoms. The maximum atomic E-state index is 13.6. The molecule has 7 heteroatoms. The van der Waals surface area contributed by atoms with E-state index in [9.17, 15) is 18.9 Å².